The van der Waals surface area contributed by atoms with E-state index in [1.54, 1.807) is 12.4 Å². The Labute approximate surface area is 181 Å². The average molecular weight is 425 g/mol. The van der Waals surface area contributed by atoms with E-state index in [9.17, 15) is 4.79 Å². The summed E-state index contributed by atoms with van der Waals surface area (Å²) in [5.74, 6) is 1.50. The zero-order valence-corrected chi connectivity index (χ0v) is 17.8. The van der Waals surface area contributed by atoms with Gasteiger partial charge in [-0.25, -0.2) is 4.98 Å². The maximum atomic E-state index is 12.9. The molecule has 156 valence electrons. The molecule has 2 aromatic heterocycles. The summed E-state index contributed by atoms with van der Waals surface area (Å²) in [4.78, 5) is 25.6. The van der Waals surface area contributed by atoms with Gasteiger partial charge in [0.2, 0.25) is 11.8 Å². The number of carbonyl (C=O) groups is 1. The van der Waals surface area contributed by atoms with E-state index < -0.39 is 0 Å². The predicted molar refractivity (Wildman–Crippen MR) is 115 cm³/mol. The lowest BCUT2D eigenvalue weighted by Crippen LogP contribution is -2.38. The molecule has 1 unspecified atom stereocenters. The number of amides is 1. The van der Waals surface area contributed by atoms with Gasteiger partial charge in [0.15, 0.2) is 0 Å². The number of carbonyl (C=O) groups excluding carboxylic acids is 1. The summed E-state index contributed by atoms with van der Waals surface area (Å²) in [5, 5.41) is 0.713. The fourth-order valence-electron chi connectivity index (χ4n) is 3.83. The maximum absolute atomic E-state index is 12.9. The van der Waals surface area contributed by atoms with Crippen LogP contribution in [-0.2, 0) is 17.8 Å². The van der Waals surface area contributed by atoms with Crippen molar-refractivity contribution in [3.8, 4) is 0 Å². The highest BCUT2D eigenvalue weighted by Gasteiger charge is 2.33. The van der Waals surface area contributed by atoms with E-state index >= 15 is 0 Å². The Balaban J connectivity index is 1.37. The third-order valence-electron chi connectivity index (χ3n) is 5.28. The number of aromatic nitrogens is 2. The fourth-order valence-corrected chi connectivity index (χ4v) is 3.96. The van der Waals surface area contributed by atoms with E-state index in [1.165, 1.54) is 0 Å². The molecule has 1 aliphatic rings. The van der Waals surface area contributed by atoms with Gasteiger partial charge in [0.05, 0.1) is 18.4 Å². The van der Waals surface area contributed by atoms with Crippen LogP contribution in [0, 0.1) is 0 Å². The summed E-state index contributed by atoms with van der Waals surface area (Å²) in [6.45, 7) is 1.70. The number of oxazole rings is 1. The van der Waals surface area contributed by atoms with E-state index in [0.29, 0.717) is 30.4 Å². The number of halogens is 1. The first kappa shape index (κ1) is 20.6. The maximum Gasteiger partial charge on any atom is 0.237 e. The normalized spacial score (nSPS) is 16.4. The highest BCUT2D eigenvalue weighted by molar-refractivity contribution is 6.30. The molecule has 0 spiro atoms. The van der Waals surface area contributed by atoms with Crippen molar-refractivity contribution >= 4 is 17.5 Å². The molecule has 1 aromatic carbocycles. The number of hydrogen-bond donors (Lipinski definition) is 0. The molecule has 3 aromatic rings. The van der Waals surface area contributed by atoms with Crippen molar-refractivity contribution in [3.63, 3.8) is 0 Å². The summed E-state index contributed by atoms with van der Waals surface area (Å²) in [6.07, 6.45) is 6.01. The van der Waals surface area contributed by atoms with Crippen LogP contribution in [0.2, 0.25) is 5.02 Å². The number of pyridine rings is 1. The first-order valence-corrected chi connectivity index (χ1v) is 10.5. The molecule has 6 nitrogen and oxygen atoms in total. The molecular formula is C23H25ClN4O2. The molecule has 7 heteroatoms. The van der Waals surface area contributed by atoms with Crippen molar-refractivity contribution in [2.24, 2.45) is 0 Å². The van der Waals surface area contributed by atoms with Crippen molar-refractivity contribution in [1.29, 1.82) is 0 Å². The van der Waals surface area contributed by atoms with E-state index in [-0.39, 0.29) is 11.9 Å². The Morgan fingerprint density at radius 1 is 1.23 bits per heavy atom. The van der Waals surface area contributed by atoms with Crippen LogP contribution in [0.3, 0.4) is 0 Å². The minimum atomic E-state index is -0.0975. The van der Waals surface area contributed by atoms with Gasteiger partial charge >= 0.3 is 0 Å². The third kappa shape index (κ3) is 5.07. The van der Waals surface area contributed by atoms with Crippen LogP contribution in [0.5, 0.6) is 0 Å². The lowest BCUT2D eigenvalue weighted by molar-refractivity contribution is -0.133. The molecule has 0 radical (unpaired) electrons. The summed E-state index contributed by atoms with van der Waals surface area (Å²) in [6, 6.07) is 13.4. The summed E-state index contributed by atoms with van der Waals surface area (Å²) in [7, 11) is 1.94. The standard InChI is InChI=1S/C23H25ClN4O2/c1-27(15-19-5-2-3-11-25-19)16-22(29)28-12-4-6-21(28)23-26-14-20(30-23)13-17-7-9-18(24)10-8-17/h2-3,5,7-11,14,21H,4,6,12-13,15-16H2,1H3. The van der Waals surface area contributed by atoms with Crippen LogP contribution < -0.4 is 0 Å². The highest BCUT2D eigenvalue weighted by Crippen LogP contribution is 2.32. The van der Waals surface area contributed by atoms with Crippen molar-refractivity contribution in [2.75, 3.05) is 20.1 Å². The monoisotopic (exact) mass is 424 g/mol. The molecule has 0 bridgehead atoms. The molecule has 30 heavy (non-hydrogen) atoms. The minimum absolute atomic E-state index is 0.0911. The smallest absolute Gasteiger partial charge is 0.237 e. The number of hydrogen-bond acceptors (Lipinski definition) is 5. The Kier molecular flexibility index (Phi) is 6.45. The fraction of sp³-hybridized carbons (Fsp3) is 0.348. The SMILES string of the molecule is CN(CC(=O)N1CCCC1c1ncc(Cc2ccc(Cl)cc2)o1)Cc1ccccn1. The molecule has 1 fully saturated rings. The van der Waals surface area contributed by atoms with Crippen molar-refractivity contribution in [2.45, 2.75) is 31.8 Å². The Morgan fingerprint density at radius 2 is 2.07 bits per heavy atom. The second-order valence-electron chi connectivity index (χ2n) is 7.71. The van der Waals surface area contributed by atoms with Gasteiger partial charge in [0.1, 0.15) is 11.8 Å². The van der Waals surface area contributed by atoms with Crippen molar-refractivity contribution in [1.82, 2.24) is 19.8 Å². The van der Waals surface area contributed by atoms with Crippen LogP contribution in [0.15, 0.2) is 59.3 Å². The molecule has 1 amide bonds. The summed E-state index contributed by atoms with van der Waals surface area (Å²) in [5.41, 5.74) is 2.06. The van der Waals surface area contributed by atoms with Crippen LogP contribution >= 0.6 is 11.6 Å². The van der Waals surface area contributed by atoms with Gasteiger partial charge in [0, 0.05) is 30.7 Å². The van der Waals surface area contributed by atoms with Crippen molar-refractivity contribution in [3.05, 3.63) is 82.8 Å². The molecule has 0 saturated carbocycles. The quantitative estimate of drug-likeness (QED) is 0.571. The van der Waals surface area contributed by atoms with Gasteiger partial charge in [0.25, 0.3) is 0 Å². The van der Waals surface area contributed by atoms with Gasteiger partial charge in [-0.3, -0.25) is 14.7 Å². The lowest BCUT2D eigenvalue weighted by Gasteiger charge is -2.25. The van der Waals surface area contributed by atoms with Gasteiger partial charge in [-0.1, -0.05) is 29.8 Å². The Hall–Kier alpha value is -2.70. The van der Waals surface area contributed by atoms with E-state index in [0.717, 1.165) is 36.4 Å². The average Bonchev–Trinajstić information content (AvgIpc) is 3.40. The van der Waals surface area contributed by atoms with Crippen LogP contribution in [0.4, 0.5) is 0 Å². The first-order valence-electron chi connectivity index (χ1n) is 10.2. The third-order valence-corrected chi connectivity index (χ3v) is 5.54. The van der Waals surface area contributed by atoms with E-state index in [4.69, 9.17) is 16.0 Å². The first-order chi connectivity index (χ1) is 14.6. The topological polar surface area (TPSA) is 62.5 Å². The number of likely N-dealkylation sites (N-methyl/N-ethyl adjacent to an activating group) is 1. The Bertz CT molecular complexity index is 974. The predicted octanol–water partition coefficient (Wildman–Crippen LogP) is 4.11. The van der Waals surface area contributed by atoms with Crippen LogP contribution in [-0.4, -0.2) is 45.8 Å². The number of likely N-dealkylation sites (tertiary alicyclic amines) is 1. The Morgan fingerprint density at radius 3 is 2.83 bits per heavy atom. The summed E-state index contributed by atoms with van der Waals surface area (Å²) < 4.78 is 6.02. The number of nitrogens with zero attached hydrogens (tertiary/aromatic N) is 4. The van der Waals surface area contributed by atoms with Gasteiger partial charge < -0.3 is 9.32 Å². The van der Waals surface area contributed by atoms with Crippen LogP contribution in [0.1, 0.15) is 41.8 Å². The molecule has 0 N–H and O–H groups in total. The van der Waals surface area contributed by atoms with Crippen molar-refractivity contribution < 1.29 is 9.21 Å². The molecule has 1 aliphatic heterocycles. The number of rotatable bonds is 7. The highest BCUT2D eigenvalue weighted by atomic mass is 35.5. The van der Waals surface area contributed by atoms with E-state index in [2.05, 4.69) is 9.97 Å². The van der Waals surface area contributed by atoms with Crippen LogP contribution in [0.25, 0.3) is 0 Å². The molecule has 3 heterocycles. The second kappa shape index (κ2) is 9.41. The van der Waals surface area contributed by atoms with Gasteiger partial charge in [-0.15, -0.1) is 0 Å². The van der Waals surface area contributed by atoms with E-state index in [1.807, 2.05) is 59.3 Å². The molecule has 0 aliphatic carbocycles. The molecule has 4 rings (SSSR count). The zero-order valence-electron chi connectivity index (χ0n) is 17.0. The lowest BCUT2D eigenvalue weighted by atomic mass is 10.1. The molecule has 1 atom stereocenters. The summed E-state index contributed by atoms with van der Waals surface area (Å²) >= 11 is 5.95. The zero-order chi connectivity index (χ0) is 20.9. The van der Waals surface area contributed by atoms with Gasteiger partial charge in [-0.2, -0.15) is 0 Å². The minimum Gasteiger partial charge on any atom is -0.443 e. The molecule has 1 saturated heterocycles. The van der Waals surface area contributed by atoms with Gasteiger partial charge in [-0.05, 0) is 49.7 Å². The second-order valence-corrected chi connectivity index (χ2v) is 8.14. The molecular weight excluding hydrogens is 400 g/mol. The number of benzene rings is 1. The largest absolute Gasteiger partial charge is 0.443 e.